The second kappa shape index (κ2) is 8.46. The minimum Gasteiger partial charge on any atom is -0.497 e. The van der Waals surface area contributed by atoms with Gasteiger partial charge in [0.15, 0.2) is 0 Å². The molecular weight excluding hydrogens is 316 g/mol. The lowest BCUT2D eigenvalue weighted by Crippen LogP contribution is -2.27. The molecule has 1 aliphatic rings. The third-order valence-corrected chi connectivity index (χ3v) is 4.47. The molecule has 2 N–H and O–H groups in total. The van der Waals surface area contributed by atoms with E-state index in [-0.39, 0.29) is 5.91 Å². The first-order valence-electron chi connectivity index (χ1n) is 8.74. The van der Waals surface area contributed by atoms with Gasteiger partial charge >= 0.3 is 0 Å². The Balaban J connectivity index is 1.50. The second-order valence-corrected chi connectivity index (χ2v) is 6.27. The Labute approximate surface area is 148 Å². The molecule has 1 aromatic heterocycles. The van der Waals surface area contributed by atoms with Crippen molar-refractivity contribution in [3.8, 4) is 5.75 Å². The van der Waals surface area contributed by atoms with Gasteiger partial charge in [-0.15, -0.1) is 0 Å². The summed E-state index contributed by atoms with van der Waals surface area (Å²) in [6.07, 6.45) is 7.02. The summed E-state index contributed by atoms with van der Waals surface area (Å²) in [5.41, 5.74) is 1.54. The molecule has 2 aromatic rings. The molecule has 0 spiro atoms. The molecular formula is C19H24N4O2. The monoisotopic (exact) mass is 340 g/mol. The number of anilines is 1. The van der Waals surface area contributed by atoms with E-state index in [1.54, 1.807) is 13.2 Å². The van der Waals surface area contributed by atoms with Crippen LogP contribution in [0, 0.1) is 0 Å². The summed E-state index contributed by atoms with van der Waals surface area (Å²) in [7, 11) is 1.65. The highest BCUT2D eigenvalue weighted by atomic mass is 16.5. The predicted octanol–water partition coefficient (Wildman–Crippen LogP) is 2.81. The molecule has 0 bridgehead atoms. The van der Waals surface area contributed by atoms with Gasteiger partial charge in [0.1, 0.15) is 23.6 Å². The average Bonchev–Trinajstić information content (AvgIpc) is 3.15. The summed E-state index contributed by atoms with van der Waals surface area (Å²) >= 11 is 0. The third-order valence-electron chi connectivity index (χ3n) is 4.47. The van der Waals surface area contributed by atoms with Crippen molar-refractivity contribution in [3.05, 3.63) is 47.9 Å². The molecule has 6 nitrogen and oxygen atoms in total. The molecule has 1 aliphatic carbocycles. The fourth-order valence-electron chi connectivity index (χ4n) is 3.04. The Bertz CT molecular complexity index is 697. The lowest BCUT2D eigenvalue weighted by molar-refractivity contribution is 0.0949. The van der Waals surface area contributed by atoms with Gasteiger partial charge in [0.25, 0.3) is 5.91 Å². The summed E-state index contributed by atoms with van der Waals surface area (Å²) in [5.74, 6) is 1.38. The Hall–Kier alpha value is -2.63. The molecule has 1 heterocycles. The van der Waals surface area contributed by atoms with Gasteiger partial charge in [-0.2, -0.15) is 0 Å². The van der Waals surface area contributed by atoms with E-state index in [9.17, 15) is 4.79 Å². The van der Waals surface area contributed by atoms with Crippen LogP contribution in [0.4, 0.5) is 5.82 Å². The Morgan fingerprint density at radius 2 is 1.96 bits per heavy atom. The van der Waals surface area contributed by atoms with Crippen LogP contribution >= 0.6 is 0 Å². The van der Waals surface area contributed by atoms with E-state index in [1.807, 2.05) is 24.3 Å². The van der Waals surface area contributed by atoms with Gasteiger partial charge in [-0.25, -0.2) is 9.97 Å². The van der Waals surface area contributed by atoms with E-state index in [2.05, 4.69) is 20.6 Å². The maximum atomic E-state index is 12.3. The maximum Gasteiger partial charge on any atom is 0.270 e. The largest absolute Gasteiger partial charge is 0.497 e. The highest BCUT2D eigenvalue weighted by Crippen LogP contribution is 2.21. The van der Waals surface area contributed by atoms with E-state index < -0.39 is 0 Å². The molecule has 132 valence electrons. The zero-order valence-electron chi connectivity index (χ0n) is 14.5. The molecule has 1 aromatic carbocycles. The first-order chi connectivity index (χ1) is 12.2. The van der Waals surface area contributed by atoms with Gasteiger partial charge in [0.05, 0.1) is 7.11 Å². The smallest absolute Gasteiger partial charge is 0.270 e. The molecule has 0 radical (unpaired) electrons. The lowest BCUT2D eigenvalue weighted by Gasteiger charge is -2.12. The fraction of sp³-hybridized carbons (Fsp3) is 0.421. The van der Waals surface area contributed by atoms with Gasteiger partial charge in [0, 0.05) is 18.7 Å². The summed E-state index contributed by atoms with van der Waals surface area (Å²) in [6, 6.07) is 10.0. The topological polar surface area (TPSA) is 76.1 Å². The van der Waals surface area contributed by atoms with E-state index in [0.717, 1.165) is 36.4 Å². The van der Waals surface area contributed by atoms with Crippen LogP contribution in [0.25, 0.3) is 0 Å². The molecule has 0 saturated heterocycles. The standard InChI is InChI=1S/C19H24N4O2/c1-25-16-8-6-14(7-9-16)10-11-20-19(24)17-12-18(22-13-21-17)23-15-4-2-3-5-15/h6-9,12-13,15H,2-5,10-11H2,1H3,(H,20,24)(H,21,22,23). The molecule has 0 atom stereocenters. The number of rotatable bonds is 7. The predicted molar refractivity (Wildman–Crippen MR) is 96.9 cm³/mol. The second-order valence-electron chi connectivity index (χ2n) is 6.27. The molecule has 25 heavy (non-hydrogen) atoms. The SMILES string of the molecule is COc1ccc(CCNC(=O)c2cc(NC3CCCC3)ncn2)cc1. The number of carbonyl (C=O) groups excluding carboxylic acids is 1. The molecule has 1 fully saturated rings. The quantitative estimate of drug-likeness (QED) is 0.810. The van der Waals surface area contributed by atoms with Crippen LogP contribution in [0.5, 0.6) is 5.75 Å². The van der Waals surface area contributed by atoms with Crippen LogP contribution in [-0.4, -0.2) is 35.6 Å². The summed E-state index contributed by atoms with van der Waals surface area (Å²) in [6.45, 7) is 0.556. The van der Waals surface area contributed by atoms with Crippen LogP contribution in [0.15, 0.2) is 36.7 Å². The molecule has 1 amide bonds. The maximum absolute atomic E-state index is 12.3. The number of ether oxygens (including phenoxy) is 1. The summed E-state index contributed by atoms with van der Waals surface area (Å²) in [4.78, 5) is 20.6. The minimum atomic E-state index is -0.176. The number of benzene rings is 1. The van der Waals surface area contributed by atoms with Crippen LogP contribution in [0.3, 0.4) is 0 Å². The summed E-state index contributed by atoms with van der Waals surface area (Å²) < 4.78 is 5.14. The third kappa shape index (κ3) is 4.92. The lowest BCUT2D eigenvalue weighted by atomic mass is 10.1. The van der Waals surface area contributed by atoms with Crippen molar-refractivity contribution >= 4 is 11.7 Å². The minimum absolute atomic E-state index is 0.176. The number of nitrogens with one attached hydrogen (secondary N) is 2. The highest BCUT2D eigenvalue weighted by molar-refractivity contribution is 5.92. The normalized spacial score (nSPS) is 14.3. The highest BCUT2D eigenvalue weighted by Gasteiger charge is 2.16. The van der Waals surface area contributed by atoms with Crippen LogP contribution < -0.4 is 15.4 Å². The van der Waals surface area contributed by atoms with Crippen molar-refractivity contribution in [2.75, 3.05) is 19.0 Å². The molecule has 6 heteroatoms. The van der Waals surface area contributed by atoms with Gasteiger partial charge in [-0.3, -0.25) is 4.79 Å². The number of hydrogen-bond acceptors (Lipinski definition) is 5. The van der Waals surface area contributed by atoms with E-state index in [1.165, 1.54) is 19.2 Å². The van der Waals surface area contributed by atoms with Crippen molar-refractivity contribution in [3.63, 3.8) is 0 Å². The Kier molecular flexibility index (Phi) is 5.82. The van der Waals surface area contributed by atoms with Crippen LogP contribution in [-0.2, 0) is 6.42 Å². The Morgan fingerprint density at radius 3 is 2.68 bits per heavy atom. The first kappa shape index (κ1) is 17.2. The van der Waals surface area contributed by atoms with Gasteiger partial charge in [0.2, 0.25) is 0 Å². The van der Waals surface area contributed by atoms with Crippen molar-refractivity contribution in [2.45, 2.75) is 38.1 Å². The number of methoxy groups -OCH3 is 1. The first-order valence-corrected chi connectivity index (χ1v) is 8.74. The zero-order valence-corrected chi connectivity index (χ0v) is 14.5. The number of nitrogens with zero attached hydrogens (tertiary/aromatic N) is 2. The number of amides is 1. The average molecular weight is 340 g/mol. The number of aromatic nitrogens is 2. The van der Waals surface area contributed by atoms with Crippen LogP contribution in [0.1, 0.15) is 41.7 Å². The van der Waals surface area contributed by atoms with E-state index in [4.69, 9.17) is 4.74 Å². The number of carbonyl (C=O) groups is 1. The zero-order chi connectivity index (χ0) is 17.5. The fourth-order valence-corrected chi connectivity index (χ4v) is 3.04. The van der Waals surface area contributed by atoms with Crippen molar-refractivity contribution in [1.82, 2.24) is 15.3 Å². The molecule has 1 saturated carbocycles. The Morgan fingerprint density at radius 1 is 1.20 bits per heavy atom. The molecule has 0 aliphatic heterocycles. The van der Waals surface area contributed by atoms with Gasteiger partial charge < -0.3 is 15.4 Å². The van der Waals surface area contributed by atoms with Crippen molar-refractivity contribution in [2.24, 2.45) is 0 Å². The van der Waals surface area contributed by atoms with Crippen molar-refractivity contribution < 1.29 is 9.53 Å². The van der Waals surface area contributed by atoms with Gasteiger partial charge in [-0.05, 0) is 37.0 Å². The van der Waals surface area contributed by atoms with Gasteiger partial charge in [-0.1, -0.05) is 25.0 Å². The molecule has 0 unspecified atom stereocenters. The van der Waals surface area contributed by atoms with E-state index >= 15 is 0 Å². The summed E-state index contributed by atoms with van der Waals surface area (Å²) in [5, 5.41) is 6.29. The van der Waals surface area contributed by atoms with E-state index in [0.29, 0.717) is 18.3 Å². The number of hydrogen-bond donors (Lipinski definition) is 2. The molecule has 3 rings (SSSR count). The van der Waals surface area contributed by atoms with Crippen molar-refractivity contribution in [1.29, 1.82) is 0 Å². The van der Waals surface area contributed by atoms with Crippen LogP contribution in [0.2, 0.25) is 0 Å².